The van der Waals surface area contributed by atoms with Crippen LogP contribution in [0.1, 0.15) is 11.1 Å². The summed E-state index contributed by atoms with van der Waals surface area (Å²) in [6.07, 6.45) is 1.77. The maximum absolute atomic E-state index is 12.3. The van der Waals surface area contributed by atoms with Crippen LogP contribution >= 0.6 is 11.6 Å². The lowest BCUT2D eigenvalue weighted by Gasteiger charge is -2.05. The van der Waals surface area contributed by atoms with Crippen molar-refractivity contribution in [3.63, 3.8) is 0 Å². The molecule has 0 fully saturated rings. The van der Waals surface area contributed by atoms with Crippen molar-refractivity contribution in [1.82, 2.24) is 10.4 Å². The molecular formula is C22H16ClN3O. The lowest BCUT2D eigenvalue weighted by atomic mass is 10.0. The van der Waals surface area contributed by atoms with Crippen molar-refractivity contribution in [1.29, 1.82) is 0 Å². The van der Waals surface area contributed by atoms with E-state index >= 15 is 0 Å². The van der Waals surface area contributed by atoms with Gasteiger partial charge in [-0.05, 0) is 28.5 Å². The predicted octanol–water partition coefficient (Wildman–Crippen LogP) is 4.73. The second-order valence-corrected chi connectivity index (χ2v) is 6.53. The SMILES string of the molecule is O=C(Cc1cccc2ccccc12)NN=Cc1cc2ccccc2nc1Cl. The third-order valence-corrected chi connectivity index (χ3v) is 4.63. The van der Waals surface area contributed by atoms with E-state index in [0.717, 1.165) is 27.2 Å². The minimum absolute atomic E-state index is 0.188. The van der Waals surface area contributed by atoms with Crippen LogP contribution in [-0.2, 0) is 11.2 Å². The molecule has 4 rings (SSSR count). The summed E-state index contributed by atoms with van der Waals surface area (Å²) in [7, 11) is 0. The third kappa shape index (κ3) is 3.81. The number of carbonyl (C=O) groups is 1. The van der Waals surface area contributed by atoms with Crippen molar-refractivity contribution < 1.29 is 4.79 Å². The summed E-state index contributed by atoms with van der Waals surface area (Å²) in [4.78, 5) is 16.6. The summed E-state index contributed by atoms with van der Waals surface area (Å²) in [5.74, 6) is -0.188. The number of amides is 1. The van der Waals surface area contributed by atoms with Crippen LogP contribution in [0.5, 0.6) is 0 Å². The second-order valence-electron chi connectivity index (χ2n) is 6.17. The molecule has 1 amide bonds. The number of aromatic nitrogens is 1. The van der Waals surface area contributed by atoms with E-state index in [1.165, 1.54) is 6.21 Å². The molecule has 4 nitrogen and oxygen atoms in total. The van der Waals surface area contributed by atoms with Gasteiger partial charge in [-0.3, -0.25) is 4.79 Å². The van der Waals surface area contributed by atoms with Crippen molar-refractivity contribution >= 4 is 45.4 Å². The Kier molecular flexibility index (Phi) is 4.81. The number of hydrogen-bond acceptors (Lipinski definition) is 3. The van der Waals surface area contributed by atoms with Gasteiger partial charge in [0.15, 0.2) is 0 Å². The Hall–Kier alpha value is -3.24. The van der Waals surface area contributed by atoms with Gasteiger partial charge in [-0.1, -0.05) is 72.3 Å². The lowest BCUT2D eigenvalue weighted by Crippen LogP contribution is -2.20. The van der Waals surface area contributed by atoms with Crippen molar-refractivity contribution in [2.24, 2.45) is 5.10 Å². The molecular weight excluding hydrogens is 358 g/mol. The zero-order chi connectivity index (χ0) is 18.6. The van der Waals surface area contributed by atoms with Gasteiger partial charge in [-0.25, -0.2) is 10.4 Å². The number of pyridine rings is 1. The third-order valence-electron chi connectivity index (χ3n) is 4.33. The molecule has 0 spiro atoms. The first-order chi connectivity index (χ1) is 13.2. The normalized spacial score (nSPS) is 11.3. The average Bonchev–Trinajstić information content (AvgIpc) is 2.69. The molecule has 0 radical (unpaired) electrons. The zero-order valence-corrected chi connectivity index (χ0v) is 15.1. The molecule has 5 heteroatoms. The first-order valence-electron chi connectivity index (χ1n) is 8.54. The Bertz CT molecular complexity index is 1170. The first-order valence-corrected chi connectivity index (χ1v) is 8.92. The van der Waals surface area contributed by atoms with Crippen molar-refractivity contribution in [3.05, 3.63) is 89.1 Å². The van der Waals surface area contributed by atoms with Crippen LogP contribution in [0.4, 0.5) is 0 Å². The van der Waals surface area contributed by atoms with Gasteiger partial charge in [0.25, 0.3) is 0 Å². The maximum Gasteiger partial charge on any atom is 0.244 e. The smallest absolute Gasteiger partial charge is 0.244 e. The molecule has 0 aliphatic heterocycles. The molecule has 3 aromatic carbocycles. The predicted molar refractivity (Wildman–Crippen MR) is 110 cm³/mol. The van der Waals surface area contributed by atoms with E-state index < -0.39 is 0 Å². The van der Waals surface area contributed by atoms with Gasteiger partial charge < -0.3 is 0 Å². The standard InChI is InChI=1S/C22H16ClN3O/c23-22-18(12-17-7-2-4-11-20(17)25-22)14-24-26-21(27)13-16-9-5-8-15-6-1-3-10-19(15)16/h1-12,14H,13H2,(H,26,27). The molecule has 0 aliphatic carbocycles. The highest BCUT2D eigenvalue weighted by atomic mass is 35.5. The largest absolute Gasteiger partial charge is 0.273 e. The van der Waals surface area contributed by atoms with E-state index in [-0.39, 0.29) is 12.3 Å². The number of halogens is 1. The van der Waals surface area contributed by atoms with Gasteiger partial charge in [0.1, 0.15) is 5.15 Å². The minimum Gasteiger partial charge on any atom is -0.273 e. The van der Waals surface area contributed by atoms with Gasteiger partial charge in [0, 0.05) is 10.9 Å². The molecule has 132 valence electrons. The van der Waals surface area contributed by atoms with E-state index in [0.29, 0.717) is 10.7 Å². The van der Waals surface area contributed by atoms with E-state index in [1.807, 2.05) is 72.8 Å². The summed E-state index contributed by atoms with van der Waals surface area (Å²) in [6.45, 7) is 0. The molecule has 27 heavy (non-hydrogen) atoms. The fraction of sp³-hybridized carbons (Fsp3) is 0.0455. The summed E-state index contributed by atoms with van der Waals surface area (Å²) in [5.41, 5.74) is 5.00. The maximum atomic E-state index is 12.3. The van der Waals surface area contributed by atoms with Crippen LogP contribution in [0.3, 0.4) is 0 Å². The molecule has 0 saturated carbocycles. The van der Waals surface area contributed by atoms with Crippen LogP contribution in [0.25, 0.3) is 21.7 Å². The highest BCUT2D eigenvalue weighted by Gasteiger charge is 2.06. The molecule has 0 bridgehead atoms. The van der Waals surface area contributed by atoms with E-state index in [1.54, 1.807) is 0 Å². The molecule has 0 aliphatic rings. The number of rotatable bonds is 4. The fourth-order valence-corrected chi connectivity index (χ4v) is 3.23. The number of hydrogen-bond donors (Lipinski definition) is 1. The molecule has 4 aromatic rings. The molecule has 0 unspecified atom stereocenters. The highest BCUT2D eigenvalue weighted by Crippen LogP contribution is 2.20. The van der Waals surface area contributed by atoms with Crippen LogP contribution in [-0.4, -0.2) is 17.1 Å². The summed E-state index contributed by atoms with van der Waals surface area (Å²) in [5, 5.41) is 7.53. The number of carbonyl (C=O) groups excluding carboxylic acids is 1. The monoisotopic (exact) mass is 373 g/mol. The average molecular weight is 374 g/mol. The van der Waals surface area contributed by atoms with Gasteiger partial charge in [0.05, 0.1) is 18.2 Å². The number of hydrazone groups is 1. The van der Waals surface area contributed by atoms with Crippen molar-refractivity contribution in [2.75, 3.05) is 0 Å². The topological polar surface area (TPSA) is 54.4 Å². The zero-order valence-electron chi connectivity index (χ0n) is 14.4. The van der Waals surface area contributed by atoms with Gasteiger partial charge in [-0.15, -0.1) is 0 Å². The Morgan fingerprint density at radius 1 is 1.00 bits per heavy atom. The Labute approximate surface area is 161 Å². The first kappa shape index (κ1) is 17.2. The number of benzene rings is 3. The Morgan fingerprint density at radius 2 is 1.74 bits per heavy atom. The van der Waals surface area contributed by atoms with Gasteiger partial charge in [-0.2, -0.15) is 5.10 Å². The van der Waals surface area contributed by atoms with Crippen LogP contribution in [0.2, 0.25) is 5.15 Å². The van der Waals surface area contributed by atoms with Crippen LogP contribution in [0.15, 0.2) is 77.9 Å². The fourth-order valence-electron chi connectivity index (χ4n) is 3.03. The van der Waals surface area contributed by atoms with E-state index in [2.05, 4.69) is 15.5 Å². The van der Waals surface area contributed by atoms with Gasteiger partial charge >= 0.3 is 0 Å². The lowest BCUT2D eigenvalue weighted by molar-refractivity contribution is -0.120. The van der Waals surface area contributed by atoms with E-state index in [9.17, 15) is 4.79 Å². The number of para-hydroxylation sites is 1. The van der Waals surface area contributed by atoms with Crippen molar-refractivity contribution in [3.8, 4) is 0 Å². The van der Waals surface area contributed by atoms with Crippen LogP contribution < -0.4 is 5.43 Å². The quantitative estimate of drug-likeness (QED) is 0.319. The molecule has 0 saturated heterocycles. The summed E-state index contributed by atoms with van der Waals surface area (Å²) in [6, 6.07) is 23.5. The van der Waals surface area contributed by atoms with E-state index in [4.69, 9.17) is 11.6 Å². The minimum atomic E-state index is -0.188. The van der Waals surface area contributed by atoms with Gasteiger partial charge in [0.2, 0.25) is 5.91 Å². The summed E-state index contributed by atoms with van der Waals surface area (Å²) < 4.78 is 0. The second kappa shape index (κ2) is 7.56. The number of fused-ring (bicyclic) bond motifs is 2. The van der Waals surface area contributed by atoms with Crippen LogP contribution in [0, 0.1) is 0 Å². The molecule has 1 aromatic heterocycles. The number of nitrogens with one attached hydrogen (secondary N) is 1. The Balaban J connectivity index is 1.48. The molecule has 0 atom stereocenters. The number of nitrogens with zero attached hydrogens (tertiary/aromatic N) is 2. The molecule has 1 heterocycles. The molecule has 1 N–H and O–H groups in total. The summed E-state index contributed by atoms with van der Waals surface area (Å²) >= 11 is 6.20. The Morgan fingerprint density at radius 3 is 2.63 bits per heavy atom. The van der Waals surface area contributed by atoms with Crippen molar-refractivity contribution in [2.45, 2.75) is 6.42 Å². The highest BCUT2D eigenvalue weighted by molar-refractivity contribution is 6.32.